The summed E-state index contributed by atoms with van der Waals surface area (Å²) >= 11 is 0. The maximum atomic E-state index is 3.59. The van der Waals surface area contributed by atoms with Crippen LogP contribution in [-0.4, -0.2) is 13.1 Å². The van der Waals surface area contributed by atoms with Gasteiger partial charge in [-0.05, 0) is 43.7 Å². The molecule has 0 aliphatic rings. The topological polar surface area (TPSA) is 12.0 Å². The normalized spacial score (nSPS) is 13.8. The summed E-state index contributed by atoms with van der Waals surface area (Å²) in [5, 5.41) is 3.59. The molecule has 18 heavy (non-hydrogen) atoms. The Balaban J connectivity index is 3.20. The van der Waals surface area contributed by atoms with Gasteiger partial charge >= 0.3 is 0 Å². The molecule has 1 atom stereocenters. The van der Waals surface area contributed by atoms with Crippen LogP contribution >= 0.6 is 0 Å². The largest absolute Gasteiger partial charge is 0.317 e. The number of rotatable bonds is 11. The van der Waals surface area contributed by atoms with Gasteiger partial charge in [-0.3, -0.25) is 0 Å². The molecule has 0 aromatic heterocycles. The van der Waals surface area contributed by atoms with E-state index in [4.69, 9.17) is 0 Å². The van der Waals surface area contributed by atoms with Crippen LogP contribution in [0.1, 0.15) is 86.0 Å². The highest BCUT2D eigenvalue weighted by molar-refractivity contribution is 4.67. The molecule has 0 rings (SSSR count). The molecule has 0 bridgehead atoms. The first-order chi connectivity index (χ1) is 8.45. The average molecular weight is 255 g/mol. The van der Waals surface area contributed by atoms with Gasteiger partial charge in [-0.15, -0.1) is 0 Å². The van der Waals surface area contributed by atoms with E-state index in [-0.39, 0.29) is 0 Å². The fourth-order valence-corrected chi connectivity index (χ4v) is 2.65. The molecule has 0 spiro atoms. The third kappa shape index (κ3) is 14.0. The lowest BCUT2D eigenvalue weighted by atomic mass is 9.84. The van der Waals surface area contributed by atoms with Crippen LogP contribution < -0.4 is 5.32 Å². The lowest BCUT2D eigenvalue weighted by molar-refractivity contribution is 0.294. The lowest BCUT2D eigenvalue weighted by Crippen LogP contribution is -2.20. The minimum absolute atomic E-state index is 0.485. The monoisotopic (exact) mass is 255 g/mol. The van der Waals surface area contributed by atoms with E-state index in [2.05, 4.69) is 39.9 Å². The number of unbranched alkanes of at least 4 members (excludes halogenated alkanes) is 5. The van der Waals surface area contributed by atoms with Gasteiger partial charge in [0.15, 0.2) is 0 Å². The van der Waals surface area contributed by atoms with E-state index in [0.717, 1.165) is 5.92 Å². The van der Waals surface area contributed by atoms with Crippen LogP contribution in [0.4, 0.5) is 0 Å². The highest BCUT2D eigenvalue weighted by Crippen LogP contribution is 2.25. The van der Waals surface area contributed by atoms with E-state index in [9.17, 15) is 0 Å². The SMILES string of the molecule is CCCCCCCCNCCC(C)CC(C)(C)C. The molecule has 1 heteroatoms. The van der Waals surface area contributed by atoms with E-state index in [1.54, 1.807) is 0 Å². The van der Waals surface area contributed by atoms with Crippen LogP contribution in [0.5, 0.6) is 0 Å². The molecule has 0 aromatic rings. The fourth-order valence-electron chi connectivity index (χ4n) is 2.65. The average Bonchev–Trinajstić information content (AvgIpc) is 2.24. The molecular formula is C17H37N. The molecule has 1 N–H and O–H groups in total. The number of hydrogen-bond acceptors (Lipinski definition) is 1. The Morgan fingerprint density at radius 2 is 1.50 bits per heavy atom. The highest BCUT2D eigenvalue weighted by Gasteiger charge is 2.14. The third-order valence-electron chi connectivity index (χ3n) is 3.48. The second-order valence-electron chi connectivity index (χ2n) is 7.18. The first-order valence-electron chi connectivity index (χ1n) is 8.16. The smallest absolute Gasteiger partial charge is 0.00464 e. The van der Waals surface area contributed by atoms with E-state index < -0.39 is 0 Å². The molecule has 0 amide bonds. The summed E-state index contributed by atoms with van der Waals surface area (Å²) in [6, 6.07) is 0. The molecule has 1 unspecified atom stereocenters. The minimum Gasteiger partial charge on any atom is -0.317 e. The zero-order valence-corrected chi connectivity index (χ0v) is 13.6. The number of nitrogens with one attached hydrogen (secondary N) is 1. The van der Waals surface area contributed by atoms with E-state index >= 15 is 0 Å². The molecule has 0 aromatic carbocycles. The van der Waals surface area contributed by atoms with Crippen molar-refractivity contribution in [2.45, 2.75) is 86.0 Å². The lowest BCUT2D eigenvalue weighted by Gasteiger charge is -2.23. The van der Waals surface area contributed by atoms with Crippen LogP contribution in [0, 0.1) is 11.3 Å². The van der Waals surface area contributed by atoms with Crippen molar-refractivity contribution in [1.29, 1.82) is 0 Å². The van der Waals surface area contributed by atoms with Gasteiger partial charge in [-0.2, -0.15) is 0 Å². The predicted molar refractivity (Wildman–Crippen MR) is 84.1 cm³/mol. The summed E-state index contributed by atoms with van der Waals surface area (Å²) in [5.41, 5.74) is 0.485. The second-order valence-corrected chi connectivity index (χ2v) is 7.18. The van der Waals surface area contributed by atoms with Crippen molar-refractivity contribution in [3.05, 3.63) is 0 Å². The molecule has 0 radical (unpaired) electrons. The van der Waals surface area contributed by atoms with E-state index in [1.807, 2.05) is 0 Å². The summed E-state index contributed by atoms with van der Waals surface area (Å²) in [6.45, 7) is 14.1. The van der Waals surface area contributed by atoms with Crippen LogP contribution in [0.15, 0.2) is 0 Å². The van der Waals surface area contributed by atoms with Gasteiger partial charge in [0.05, 0.1) is 0 Å². The molecule has 0 saturated heterocycles. The maximum absolute atomic E-state index is 3.59. The highest BCUT2D eigenvalue weighted by atomic mass is 14.8. The Kier molecular flexibility index (Phi) is 10.8. The first-order valence-corrected chi connectivity index (χ1v) is 8.16. The molecular weight excluding hydrogens is 218 g/mol. The minimum atomic E-state index is 0.485. The van der Waals surface area contributed by atoms with Crippen LogP contribution in [0.25, 0.3) is 0 Å². The van der Waals surface area contributed by atoms with Gasteiger partial charge in [0.2, 0.25) is 0 Å². The predicted octanol–water partition coefficient (Wildman–Crippen LogP) is 5.40. The van der Waals surface area contributed by atoms with Crippen molar-refractivity contribution in [2.24, 2.45) is 11.3 Å². The van der Waals surface area contributed by atoms with E-state index in [1.165, 1.54) is 64.5 Å². The van der Waals surface area contributed by atoms with Crippen LogP contribution in [0.3, 0.4) is 0 Å². The summed E-state index contributed by atoms with van der Waals surface area (Å²) in [5.74, 6) is 0.849. The number of hydrogen-bond donors (Lipinski definition) is 1. The first kappa shape index (κ1) is 18.0. The van der Waals surface area contributed by atoms with Gasteiger partial charge in [0, 0.05) is 0 Å². The summed E-state index contributed by atoms with van der Waals surface area (Å²) < 4.78 is 0. The zero-order valence-electron chi connectivity index (χ0n) is 13.6. The van der Waals surface area contributed by atoms with Crippen molar-refractivity contribution < 1.29 is 0 Å². The third-order valence-corrected chi connectivity index (χ3v) is 3.48. The van der Waals surface area contributed by atoms with Gasteiger partial charge in [-0.25, -0.2) is 0 Å². The molecule has 110 valence electrons. The molecule has 0 saturated carbocycles. The van der Waals surface area contributed by atoms with Gasteiger partial charge in [0.25, 0.3) is 0 Å². The maximum Gasteiger partial charge on any atom is -0.00464 e. The Morgan fingerprint density at radius 1 is 0.889 bits per heavy atom. The molecule has 0 aliphatic heterocycles. The standard InChI is InChI=1S/C17H37N/c1-6-7-8-9-10-11-13-18-14-12-16(2)15-17(3,4)5/h16,18H,6-15H2,1-5H3. The molecule has 0 fully saturated rings. The van der Waals surface area contributed by atoms with Crippen LogP contribution in [0.2, 0.25) is 0 Å². The van der Waals surface area contributed by atoms with Gasteiger partial charge < -0.3 is 5.32 Å². The Labute approximate surface area is 116 Å². The zero-order chi connectivity index (χ0) is 13.9. The Morgan fingerprint density at radius 3 is 2.11 bits per heavy atom. The van der Waals surface area contributed by atoms with Gasteiger partial charge in [0.1, 0.15) is 0 Å². The van der Waals surface area contributed by atoms with Crippen molar-refractivity contribution in [1.82, 2.24) is 5.32 Å². The molecule has 1 nitrogen and oxygen atoms in total. The van der Waals surface area contributed by atoms with Crippen molar-refractivity contribution in [3.63, 3.8) is 0 Å². The van der Waals surface area contributed by atoms with Crippen molar-refractivity contribution >= 4 is 0 Å². The van der Waals surface area contributed by atoms with Crippen molar-refractivity contribution in [2.75, 3.05) is 13.1 Å². The summed E-state index contributed by atoms with van der Waals surface area (Å²) in [4.78, 5) is 0. The van der Waals surface area contributed by atoms with Gasteiger partial charge in [-0.1, -0.05) is 66.7 Å². The summed E-state index contributed by atoms with van der Waals surface area (Å²) in [7, 11) is 0. The van der Waals surface area contributed by atoms with Crippen LogP contribution in [-0.2, 0) is 0 Å². The van der Waals surface area contributed by atoms with E-state index in [0.29, 0.717) is 5.41 Å². The second kappa shape index (κ2) is 10.8. The summed E-state index contributed by atoms with van der Waals surface area (Å²) in [6.07, 6.45) is 11.1. The molecule has 0 aliphatic carbocycles. The molecule has 0 heterocycles. The Hall–Kier alpha value is -0.0400. The Bertz CT molecular complexity index is 169. The quantitative estimate of drug-likeness (QED) is 0.487. The fraction of sp³-hybridized carbons (Fsp3) is 1.00. The van der Waals surface area contributed by atoms with Crippen molar-refractivity contribution in [3.8, 4) is 0 Å².